The number of anilines is 1. The smallest absolute Gasteiger partial charge is 0.272 e. The highest BCUT2D eigenvalue weighted by molar-refractivity contribution is 5.44. The minimum atomic E-state index is -2.50. The first-order valence-corrected chi connectivity index (χ1v) is 4.31. The van der Waals surface area contributed by atoms with Gasteiger partial charge in [0.15, 0.2) is 11.6 Å². The summed E-state index contributed by atoms with van der Waals surface area (Å²) in [6, 6.07) is 3.06. The number of halogens is 2. The van der Waals surface area contributed by atoms with Gasteiger partial charge in [-0.15, -0.1) is 0 Å². The van der Waals surface area contributed by atoms with Crippen LogP contribution in [0.25, 0.3) is 0 Å². The molecule has 1 rings (SSSR count). The van der Waals surface area contributed by atoms with E-state index in [0.717, 1.165) is 0 Å². The molecule has 0 aliphatic carbocycles. The molecule has 0 spiro atoms. The number of nitrogens with zero attached hydrogens (tertiary/aromatic N) is 1. The molecule has 2 N–H and O–H groups in total. The van der Waals surface area contributed by atoms with Crippen molar-refractivity contribution in [2.45, 2.75) is 20.3 Å². The second-order valence-corrected chi connectivity index (χ2v) is 2.09. The molecule has 0 saturated carbocycles. The van der Waals surface area contributed by atoms with Gasteiger partial charge in [0, 0.05) is 6.20 Å². The lowest BCUT2D eigenvalue weighted by Gasteiger charge is -2.05. The Hall–Kier alpha value is -1.39. The maximum Gasteiger partial charge on any atom is 0.272 e. The van der Waals surface area contributed by atoms with Crippen molar-refractivity contribution in [3.05, 3.63) is 18.3 Å². The van der Waals surface area contributed by atoms with Crippen LogP contribution in [0.15, 0.2) is 18.3 Å². The number of nitrogens with two attached hydrogens (primary N) is 1. The lowest BCUT2D eigenvalue weighted by Crippen LogP contribution is -2.08. The van der Waals surface area contributed by atoms with Crippen molar-refractivity contribution in [3.8, 4) is 5.75 Å². The normalized spacial score (nSPS) is 9.21. The third-order valence-corrected chi connectivity index (χ3v) is 1.16. The van der Waals surface area contributed by atoms with Crippen molar-refractivity contribution in [2.24, 2.45) is 0 Å². The van der Waals surface area contributed by atoms with E-state index in [9.17, 15) is 8.78 Å². The van der Waals surface area contributed by atoms with Crippen molar-refractivity contribution in [2.75, 3.05) is 12.3 Å². The van der Waals surface area contributed by atoms with E-state index in [1.54, 1.807) is 6.07 Å². The molecule has 1 aromatic rings. The molecule has 0 radical (unpaired) electrons. The molecule has 0 aromatic carbocycles. The minimum Gasteiger partial charge on any atom is -0.484 e. The fraction of sp³-hybridized carbons (Fsp3) is 0.444. The van der Waals surface area contributed by atoms with Crippen molar-refractivity contribution >= 4 is 5.82 Å². The summed E-state index contributed by atoms with van der Waals surface area (Å²) in [6.45, 7) is 3.34. The Morgan fingerprint density at radius 2 is 2.14 bits per heavy atom. The van der Waals surface area contributed by atoms with E-state index in [1.807, 2.05) is 13.8 Å². The highest BCUT2D eigenvalue weighted by Gasteiger charge is 2.05. The number of aromatic nitrogens is 1. The van der Waals surface area contributed by atoms with Gasteiger partial charge in [0.2, 0.25) is 0 Å². The molecule has 0 atom stereocenters. The van der Waals surface area contributed by atoms with Gasteiger partial charge >= 0.3 is 0 Å². The molecule has 1 heterocycles. The number of alkyl halides is 2. The number of pyridine rings is 1. The Morgan fingerprint density at radius 3 is 2.64 bits per heavy atom. The second kappa shape index (κ2) is 7.06. The first-order valence-electron chi connectivity index (χ1n) is 4.31. The average molecular weight is 204 g/mol. The van der Waals surface area contributed by atoms with E-state index < -0.39 is 13.0 Å². The molecule has 3 nitrogen and oxygen atoms in total. The zero-order valence-corrected chi connectivity index (χ0v) is 8.21. The van der Waals surface area contributed by atoms with Gasteiger partial charge in [-0.3, -0.25) is 0 Å². The summed E-state index contributed by atoms with van der Waals surface area (Å²) in [5.74, 6) is 0.316. The predicted molar refractivity (Wildman–Crippen MR) is 51.5 cm³/mol. The molecule has 0 unspecified atom stereocenters. The van der Waals surface area contributed by atoms with Crippen LogP contribution >= 0.6 is 0 Å². The Kier molecular flexibility index (Phi) is 6.36. The number of hydrogen-bond acceptors (Lipinski definition) is 3. The standard InChI is InChI=1S/C7H8F2N2O.C2H6/c8-6(9)4-12-5-2-1-3-11-7(5)10;1-2/h1-3,6H,4H2,(H2,10,11);1-2H3. The van der Waals surface area contributed by atoms with E-state index in [2.05, 4.69) is 9.72 Å². The lowest BCUT2D eigenvalue weighted by atomic mass is 10.4. The monoisotopic (exact) mass is 204 g/mol. The Bertz CT molecular complexity index is 256. The maximum atomic E-state index is 11.7. The summed E-state index contributed by atoms with van der Waals surface area (Å²) in [7, 11) is 0. The summed E-state index contributed by atoms with van der Waals surface area (Å²) < 4.78 is 28.0. The summed E-state index contributed by atoms with van der Waals surface area (Å²) in [4.78, 5) is 3.66. The molecule has 0 aliphatic heterocycles. The van der Waals surface area contributed by atoms with E-state index in [4.69, 9.17) is 5.73 Å². The third-order valence-electron chi connectivity index (χ3n) is 1.16. The van der Waals surface area contributed by atoms with E-state index in [1.165, 1.54) is 12.3 Å². The maximum absolute atomic E-state index is 11.7. The van der Waals surface area contributed by atoms with Gasteiger partial charge in [-0.1, -0.05) is 13.8 Å². The molecule has 1 aromatic heterocycles. The number of hydrogen-bond donors (Lipinski definition) is 1. The SMILES string of the molecule is CC.Nc1ncccc1OCC(F)F. The molecule has 5 heteroatoms. The van der Waals surface area contributed by atoms with Crippen LogP contribution in [0.2, 0.25) is 0 Å². The lowest BCUT2D eigenvalue weighted by molar-refractivity contribution is 0.0821. The summed E-state index contributed by atoms with van der Waals surface area (Å²) >= 11 is 0. The molecule has 14 heavy (non-hydrogen) atoms. The molecule has 0 amide bonds. The highest BCUT2D eigenvalue weighted by atomic mass is 19.3. The zero-order valence-electron chi connectivity index (χ0n) is 8.21. The van der Waals surface area contributed by atoms with Crippen LogP contribution in [-0.2, 0) is 0 Å². The van der Waals surface area contributed by atoms with Crippen LogP contribution in [0.3, 0.4) is 0 Å². The second-order valence-electron chi connectivity index (χ2n) is 2.09. The minimum absolute atomic E-state index is 0.123. The van der Waals surface area contributed by atoms with Crippen LogP contribution in [-0.4, -0.2) is 18.0 Å². The number of rotatable bonds is 3. The predicted octanol–water partition coefficient (Wildman–Crippen LogP) is 2.33. The summed E-state index contributed by atoms with van der Waals surface area (Å²) in [6.07, 6.45) is -1.03. The molecule has 80 valence electrons. The van der Waals surface area contributed by atoms with Crippen LogP contribution in [0.4, 0.5) is 14.6 Å². The van der Waals surface area contributed by atoms with Gasteiger partial charge in [-0.25, -0.2) is 13.8 Å². The van der Waals surface area contributed by atoms with Crippen LogP contribution in [0.1, 0.15) is 13.8 Å². The van der Waals surface area contributed by atoms with Gasteiger partial charge in [0.05, 0.1) is 0 Å². The zero-order chi connectivity index (χ0) is 11.0. The van der Waals surface area contributed by atoms with E-state index in [-0.39, 0.29) is 11.6 Å². The first-order chi connectivity index (χ1) is 6.70. The van der Waals surface area contributed by atoms with Crippen molar-refractivity contribution in [3.63, 3.8) is 0 Å². The molecule has 0 fully saturated rings. The average Bonchev–Trinajstić information content (AvgIpc) is 2.19. The Morgan fingerprint density at radius 1 is 1.50 bits per heavy atom. The van der Waals surface area contributed by atoms with Gasteiger partial charge in [0.1, 0.15) is 6.61 Å². The van der Waals surface area contributed by atoms with Gasteiger partial charge in [-0.2, -0.15) is 0 Å². The topological polar surface area (TPSA) is 48.1 Å². The summed E-state index contributed by atoms with van der Waals surface area (Å²) in [5, 5.41) is 0. The Labute approximate surface area is 81.9 Å². The van der Waals surface area contributed by atoms with Gasteiger partial charge in [-0.05, 0) is 12.1 Å². The van der Waals surface area contributed by atoms with E-state index >= 15 is 0 Å². The first kappa shape index (κ1) is 12.6. The molecule has 0 aliphatic rings. The quantitative estimate of drug-likeness (QED) is 0.822. The fourth-order valence-electron chi connectivity index (χ4n) is 0.678. The van der Waals surface area contributed by atoms with E-state index in [0.29, 0.717) is 0 Å². The van der Waals surface area contributed by atoms with Crippen molar-refractivity contribution < 1.29 is 13.5 Å². The highest BCUT2D eigenvalue weighted by Crippen LogP contribution is 2.17. The molecular weight excluding hydrogens is 190 g/mol. The Balaban J connectivity index is 0.000000791. The van der Waals surface area contributed by atoms with Gasteiger partial charge in [0.25, 0.3) is 6.43 Å². The molecule has 0 saturated heterocycles. The molecule has 0 bridgehead atoms. The largest absolute Gasteiger partial charge is 0.484 e. The summed E-state index contributed by atoms with van der Waals surface area (Å²) in [5.41, 5.74) is 5.33. The fourth-order valence-corrected chi connectivity index (χ4v) is 0.678. The molecular formula is C9H14F2N2O. The third kappa shape index (κ3) is 4.59. The number of ether oxygens (including phenoxy) is 1. The van der Waals surface area contributed by atoms with Gasteiger partial charge < -0.3 is 10.5 Å². The van der Waals surface area contributed by atoms with Crippen LogP contribution in [0.5, 0.6) is 5.75 Å². The van der Waals surface area contributed by atoms with Crippen LogP contribution < -0.4 is 10.5 Å². The van der Waals surface area contributed by atoms with Crippen molar-refractivity contribution in [1.29, 1.82) is 0 Å². The van der Waals surface area contributed by atoms with Crippen LogP contribution in [0, 0.1) is 0 Å². The van der Waals surface area contributed by atoms with Crippen molar-refractivity contribution in [1.82, 2.24) is 4.98 Å². The number of nitrogen functional groups attached to an aromatic ring is 1.